The van der Waals surface area contributed by atoms with Gasteiger partial charge in [-0.15, -0.1) is 0 Å². The van der Waals surface area contributed by atoms with Crippen molar-refractivity contribution in [1.29, 1.82) is 0 Å². The summed E-state index contributed by atoms with van der Waals surface area (Å²) in [6.45, 7) is 0.126. The molecule has 0 aliphatic heterocycles. The molecule has 0 aromatic heterocycles. The number of benzene rings is 1. The summed E-state index contributed by atoms with van der Waals surface area (Å²) in [6, 6.07) is 4.06. The average molecular weight is 350 g/mol. The Morgan fingerprint density at radius 1 is 1.25 bits per heavy atom. The summed E-state index contributed by atoms with van der Waals surface area (Å²) < 4.78 is 50.7. The van der Waals surface area contributed by atoms with E-state index in [1.165, 1.54) is 14.2 Å². The van der Waals surface area contributed by atoms with Crippen LogP contribution in [-0.4, -0.2) is 45.7 Å². The second-order valence-corrected chi connectivity index (χ2v) is 5.04. The van der Waals surface area contributed by atoms with Gasteiger partial charge in [-0.1, -0.05) is 0 Å². The molecule has 0 saturated heterocycles. The summed E-state index contributed by atoms with van der Waals surface area (Å²) in [6.07, 6.45) is -4.38. The molecule has 6 nitrogen and oxygen atoms in total. The van der Waals surface area contributed by atoms with Crippen molar-refractivity contribution in [2.75, 3.05) is 27.4 Å². The lowest BCUT2D eigenvalue weighted by atomic mass is 10.2. The van der Waals surface area contributed by atoms with Crippen LogP contribution in [0, 0.1) is 0 Å². The Kier molecular flexibility index (Phi) is 7.63. The van der Waals surface area contributed by atoms with E-state index in [4.69, 9.17) is 9.47 Å². The van der Waals surface area contributed by atoms with Crippen LogP contribution in [0.2, 0.25) is 0 Å². The van der Waals surface area contributed by atoms with Crippen molar-refractivity contribution in [3.8, 4) is 11.5 Å². The number of carbonyl (C=O) groups excluding carboxylic acids is 1. The summed E-state index contributed by atoms with van der Waals surface area (Å²) in [4.78, 5) is 11.8. The zero-order valence-electron chi connectivity index (χ0n) is 13.7. The fraction of sp³-hybridized carbons (Fsp3) is 0.533. The number of carbonyl (C=O) groups is 1. The molecule has 0 radical (unpaired) electrons. The quantitative estimate of drug-likeness (QED) is 0.756. The molecule has 0 aliphatic rings. The molecule has 9 heteroatoms. The van der Waals surface area contributed by atoms with E-state index in [0.717, 1.165) is 0 Å². The molecule has 0 saturated carbocycles. The molecule has 2 N–H and O–H groups in total. The lowest BCUT2D eigenvalue weighted by Gasteiger charge is -2.16. The highest BCUT2D eigenvalue weighted by Crippen LogP contribution is 2.23. The van der Waals surface area contributed by atoms with Gasteiger partial charge in [0.25, 0.3) is 0 Å². The van der Waals surface area contributed by atoms with Gasteiger partial charge in [0.2, 0.25) is 0 Å². The third-order valence-corrected chi connectivity index (χ3v) is 2.94. The van der Waals surface area contributed by atoms with E-state index in [0.29, 0.717) is 17.1 Å². The molecule has 1 atom stereocenters. The molecule has 0 bridgehead atoms. The van der Waals surface area contributed by atoms with Crippen LogP contribution in [0.15, 0.2) is 18.2 Å². The molecule has 0 spiro atoms. The van der Waals surface area contributed by atoms with E-state index in [9.17, 15) is 18.0 Å². The van der Waals surface area contributed by atoms with Gasteiger partial charge >= 0.3 is 12.2 Å². The van der Waals surface area contributed by atoms with E-state index in [-0.39, 0.29) is 13.2 Å². The number of amides is 2. The molecule has 24 heavy (non-hydrogen) atoms. The zero-order valence-corrected chi connectivity index (χ0v) is 13.7. The Morgan fingerprint density at radius 2 is 1.96 bits per heavy atom. The Balaban J connectivity index is 2.43. The second kappa shape index (κ2) is 9.21. The van der Waals surface area contributed by atoms with E-state index in [2.05, 4.69) is 15.4 Å². The minimum atomic E-state index is -4.38. The standard InChI is InChI=1S/C15H21F3N2O4/c1-10(8-24-9-15(16,17)18)20-14(21)19-7-11-6-12(22-2)4-5-13(11)23-3/h4-6,10H,7-9H2,1-3H3,(H2,19,20,21). The molecule has 2 amide bonds. The smallest absolute Gasteiger partial charge is 0.411 e. The van der Waals surface area contributed by atoms with Crippen LogP contribution in [0.25, 0.3) is 0 Å². The maximum absolute atomic E-state index is 12.0. The fourth-order valence-corrected chi connectivity index (χ4v) is 1.86. The molecular weight excluding hydrogens is 329 g/mol. The normalized spacial score (nSPS) is 12.4. The van der Waals surface area contributed by atoms with E-state index < -0.39 is 24.9 Å². The molecule has 1 aromatic rings. The van der Waals surface area contributed by atoms with Crippen LogP contribution in [0.3, 0.4) is 0 Å². The van der Waals surface area contributed by atoms with Gasteiger partial charge in [0, 0.05) is 12.1 Å². The van der Waals surface area contributed by atoms with Gasteiger partial charge in [-0.2, -0.15) is 13.2 Å². The van der Waals surface area contributed by atoms with Crippen molar-refractivity contribution >= 4 is 6.03 Å². The van der Waals surface area contributed by atoms with Crippen LogP contribution < -0.4 is 20.1 Å². The molecule has 1 rings (SSSR count). The first-order valence-electron chi connectivity index (χ1n) is 7.15. The first-order valence-corrected chi connectivity index (χ1v) is 7.15. The number of hydrogen-bond donors (Lipinski definition) is 2. The second-order valence-electron chi connectivity index (χ2n) is 5.04. The predicted octanol–water partition coefficient (Wildman–Crippen LogP) is 2.47. The fourth-order valence-electron chi connectivity index (χ4n) is 1.86. The monoisotopic (exact) mass is 350 g/mol. The zero-order chi connectivity index (χ0) is 18.2. The van der Waals surface area contributed by atoms with Gasteiger partial charge in [-0.3, -0.25) is 0 Å². The molecule has 0 aliphatic carbocycles. The number of rotatable bonds is 8. The summed E-state index contributed by atoms with van der Waals surface area (Å²) in [5.41, 5.74) is 0.702. The van der Waals surface area contributed by atoms with Crippen molar-refractivity contribution in [3.05, 3.63) is 23.8 Å². The van der Waals surface area contributed by atoms with Gasteiger partial charge in [-0.25, -0.2) is 4.79 Å². The number of hydrogen-bond acceptors (Lipinski definition) is 4. The van der Waals surface area contributed by atoms with Crippen molar-refractivity contribution in [2.45, 2.75) is 25.7 Å². The number of methoxy groups -OCH3 is 2. The Morgan fingerprint density at radius 3 is 2.54 bits per heavy atom. The Hall–Kier alpha value is -2.16. The third kappa shape index (κ3) is 7.40. The van der Waals surface area contributed by atoms with Crippen molar-refractivity contribution in [1.82, 2.24) is 10.6 Å². The van der Waals surface area contributed by atoms with Gasteiger partial charge in [-0.05, 0) is 25.1 Å². The van der Waals surface area contributed by atoms with Gasteiger partial charge in [0.1, 0.15) is 18.1 Å². The van der Waals surface area contributed by atoms with Crippen LogP contribution in [-0.2, 0) is 11.3 Å². The van der Waals surface area contributed by atoms with Crippen molar-refractivity contribution < 1.29 is 32.2 Å². The molecule has 1 unspecified atom stereocenters. The van der Waals surface area contributed by atoms with Crippen molar-refractivity contribution in [2.24, 2.45) is 0 Å². The topological polar surface area (TPSA) is 68.8 Å². The van der Waals surface area contributed by atoms with E-state index >= 15 is 0 Å². The first-order chi connectivity index (χ1) is 11.2. The minimum Gasteiger partial charge on any atom is -0.497 e. The number of alkyl halides is 3. The summed E-state index contributed by atoms with van der Waals surface area (Å²) in [7, 11) is 3.03. The molecular formula is C15H21F3N2O4. The lowest BCUT2D eigenvalue weighted by molar-refractivity contribution is -0.174. The van der Waals surface area contributed by atoms with Crippen molar-refractivity contribution in [3.63, 3.8) is 0 Å². The summed E-state index contributed by atoms with van der Waals surface area (Å²) in [5, 5.41) is 5.09. The third-order valence-electron chi connectivity index (χ3n) is 2.94. The van der Waals surface area contributed by atoms with Gasteiger partial charge < -0.3 is 24.8 Å². The number of ether oxygens (including phenoxy) is 3. The molecule has 0 fully saturated rings. The highest BCUT2D eigenvalue weighted by Gasteiger charge is 2.27. The maximum atomic E-state index is 12.0. The minimum absolute atomic E-state index is 0.169. The number of halogens is 3. The number of urea groups is 1. The highest BCUT2D eigenvalue weighted by molar-refractivity contribution is 5.74. The van der Waals surface area contributed by atoms with Crippen LogP contribution in [0.5, 0.6) is 11.5 Å². The first kappa shape index (κ1) is 19.9. The Labute approximate surface area is 138 Å². The lowest BCUT2D eigenvalue weighted by Crippen LogP contribution is -2.42. The number of nitrogens with one attached hydrogen (secondary N) is 2. The van der Waals surface area contributed by atoms with Crippen LogP contribution in [0.4, 0.5) is 18.0 Å². The SMILES string of the molecule is COc1ccc(OC)c(CNC(=O)NC(C)COCC(F)(F)F)c1. The van der Waals surface area contributed by atoms with E-state index in [1.807, 2.05) is 0 Å². The summed E-state index contributed by atoms with van der Waals surface area (Å²) in [5.74, 6) is 1.19. The van der Waals surface area contributed by atoms with Gasteiger partial charge in [0.15, 0.2) is 0 Å². The average Bonchev–Trinajstić information content (AvgIpc) is 2.51. The highest BCUT2D eigenvalue weighted by atomic mass is 19.4. The van der Waals surface area contributed by atoms with E-state index in [1.54, 1.807) is 25.1 Å². The molecule has 136 valence electrons. The largest absolute Gasteiger partial charge is 0.497 e. The van der Waals surface area contributed by atoms with Gasteiger partial charge in [0.05, 0.1) is 26.9 Å². The Bertz CT molecular complexity index is 538. The van der Waals surface area contributed by atoms with Crippen LogP contribution >= 0.6 is 0 Å². The molecule has 0 heterocycles. The maximum Gasteiger partial charge on any atom is 0.411 e. The predicted molar refractivity (Wildman–Crippen MR) is 81.3 cm³/mol. The summed E-state index contributed by atoms with van der Waals surface area (Å²) >= 11 is 0. The van der Waals surface area contributed by atoms with Crippen LogP contribution in [0.1, 0.15) is 12.5 Å². The molecule has 1 aromatic carbocycles.